The highest BCUT2D eigenvalue weighted by Gasteiger charge is 2.00. The summed E-state index contributed by atoms with van der Waals surface area (Å²) < 4.78 is 0. The summed E-state index contributed by atoms with van der Waals surface area (Å²) in [6.07, 6.45) is 3.09. The lowest BCUT2D eigenvalue weighted by Gasteiger charge is -2.01. The lowest BCUT2D eigenvalue weighted by atomic mass is 10.3. The van der Waals surface area contributed by atoms with Gasteiger partial charge in [-0.3, -0.25) is 4.98 Å². The predicted octanol–water partition coefficient (Wildman–Crippen LogP) is 1.15. The maximum absolute atomic E-state index is 5.56. The Balaban J connectivity index is 2.96. The van der Waals surface area contributed by atoms with Crippen LogP contribution in [0.3, 0.4) is 0 Å². The van der Waals surface area contributed by atoms with E-state index < -0.39 is 0 Å². The number of rotatable bonds is 1. The molecule has 1 aromatic heterocycles. The van der Waals surface area contributed by atoms with E-state index >= 15 is 0 Å². The maximum atomic E-state index is 5.56. The van der Waals surface area contributed by atoms with Gasteiger partial charge >= 0.3 is 0 Å². The SMILES string of the molecule is CC(N)c1cncc(Cl)n1. The summed E-state index contributed by atoms with van der Waals surface area (Å²) in [5.74, 6) is 0. The van der Waals surface area contributed by atoms with Gasteiger partial charge in [0.25, 0.3) is 0 Å². The van der Waals surface area contributed by atoms with Crippen LogP contribution in [0.2, 0.25) is 5.15 Å². The molecule has 0 aliphatic rings. The minimum atomic E-state index is -0.105. The average Bonchev–Trinajstić information content (AvgIpc) is 1.88. The molecule has 54 valence electrons. The van der Waals surface area contributed by atoms with E-state index in [1.807, 2.05) is 6.92 Å². The second-order valence-corrected chi connectivity index (χ2v) is 2.44. The van der Waals surface area contributed by atoms with Crippen LogP contribution in [0.25, 0.3) is 0 Å². The lowest BCUT2D eigenvalue weighted by Crippen LogP contribution is -2.07. The van der Waals surface area contributed by atoms with Crippen molar-refractivity contribution >= 4 is 11.6 Å². The molecule has 0 fully saturated rings. The first-order valence-corrected chi connectivity index (χ1v) is 3.31. The first kappa shape index (κ1) is 7.44. The summed E-state index contributed by atoms with van der Waals surface area (Å²) in [6.45, 7) is 1.83. The third kappa shape index (κ3) is 1.65. The summed E-state index contributed by atoms with van der Waals surface area (Å²) in [5.41, 5.74) is 6.24. The molecule has 1 heterocycles. The minimum absolute atomic E-state index is 0.105. The van der Waals surface area contributed by atoms with Crippen molar-refractivity contribution in [2.75, 3.05) is 0 Å². The molecule has 2 N–H and O–H groups in total. The summed E-state index contributed by atoms with van der Waals surface area (Å²) in [6, 6.07) is -0.105. The van der Waals surface area contributed by atoms with E-state index in [0.717, 1.165) is 0 Å². The zero-order valence-corrected chi connectivity index (χ0v) is 6.34. The lowest BCUT2D eigenvalue weighted by molar-refractivity contribution is 0.772. The third-order valence-corrected chi connectivity index (χ3v) is 1.27. The molecule has 1 rings (SSSR count). The van der Waals surface area contributed by atoms with Crippen molar-refractivity contribution in [2.24, 2.45) is 5.73 Å². The van der Waals surface area contributed by atoms with Gasteiger partial charge in [0.2, 0.25) is 0 Å². The van der Waals surface area contributed by atoms with E-state index in [2.05, 4.69) is 9.97 Å². The van der Waals surface area contributed by atoms with E-state index in [4.69, 9.17) is 17.3 Å². The zero-order chi connectivity index (χ0) is 7.56. The van der Waals surface area contributed by atoms with Crippen LogP contribution in [0.5, 0.6) is 0 Å². The predicted molar refractivity (Wildman–Crippen MR) is 39.6 cm³/mol. The highest BCUT2D eigenvalue weighted by Crippen LogP contribution is 2.07. The summed E-state index contributed by atoms with van der Waals surface area (Å²) in [5, 5.41) is 0.384. The van der Waals surface area contributed by atoms with Gasteiger partial charge in [-0.25, -0.2) is 4.98 Å². The van der Waals surface area contributed by atoms with Gasteiger partial charge < -0.3 is 5.73 Å². The van der Waals surface area contributed by atoms with E-state index in [9.17, 15) is 0 Å². The van der Waals surface area contributed by atoms with Gasteiger partial charge in [-0.15, -0.1) is 0 Å². The van der Waals surface area contributed by atoms with Crippen molar-refractivity contribution in [2.45, 2.75) is 13.0 Å². The number of hydrogen-bond donors (Lipinski definition) is 1. The molecule has 0 aromatic carbocycles. The molecule has 4 heteroatoms. The van der Waals surface area contributed by atoms with Crippen LogP contribution in [0.1, 0.15) is 18.7 Å². The monoisotopic (exact) mass is 157 g/mol. The van der Waals surface area contributed by atoms with Gasteiger partial charge in [-0.1, -0.05) is 11.6 Å². The Labute approximate surface area is 64.2 Å². The van der Waals surface area contributed by atoms with Crippen molar-refractivity contribution in [1.82, 2.24) is 9.97 Å². The van der Waals surface area contributed by atoms with Crippen LogP contribution in [0.4, 0.5) is 0 Å². The number of nitrogens with zero attached hydrogens (tertiary/aromatic N) is 2. The summed E-state index contributed by atoms with van der Waals surface area (Å²) in [7, 11) is 0. The Kier molecular flexibility index (Phi) is 2.19. The molecular formula is C6H8ClN3. The average molecular weight is 158 g/mol. The fraction of sp³-hybridized carbons (Fsp3) is 0.333. The smallest absolute Gasteiger partial charge is 0.147 e. The van der Waals surface area contributed by atoms with E-state index in [1.165, 1.54) is 6.20 Å². The number of halogens is 1. The fourth-order valence-electron chi connectivity index (χ4n) is 0.576. The molecule has 0 saturated carbocycles. The molecule has 0 spiro atoms. The molecule has 0 bridgehead atoms. The number of hydrogen-bond acceptors (Lipinski definition) is 3. The molecule has 0 amide bonds. The molecule has 10 heavy (non-hydrogen) atoms. The Morgan fingerprint density at radius 1 is 1.60 bits per heavy atom. The fourth-order valence-corrected chi connectivity index (χ4v) is 0.730. The molecule has 0 saturated heterocycles. The molecule has 0 aliphatic heterocycles. The second-order valence-electron chi connectivity index (χ2n) is 2.06. The maximum Gasteiger partial charge on any atom is 0.147 e. The van der Waals surface area contributed by atoms with Gasteiger partial charge in [-0.05, 0) is 6.92 Å². The van der Waals surface area contributed by atoms with Crippen LogP contribution >= 0.6 is 11.6 Å². The molecule has 1 unspecified atom stereocenters. The van der Waals surface area contributed by atoms with Crippen LogP contribution in [0, 0.1) is 0 Å². The highest BCUT2D eigenvalue weighted by atomic mass is 35.5. The Bertz CT molecular complexity index is 224. The molecule has 3 nitrogen and oxygen atoms in total. The van der Waals surface area contributed by atoms with Gasteiger partial charge in [0.05, 0.1) is 18.1 Å². The summed E-state index contributed by atoms with van der Waals surface area (Å²) >= 11 is 5.56. The van der Waals surface area contributed by atoms with Crippen LogP contribution in [-0.2, 0) is 0 Å². The number of aromatic nitrogens is 2. The van der Waals surface area contributed by atoms with Gasteiger partial charge in [0.1, 0.15) is 5.15 Å². The van der Waals surface area contributed by atoms with Gasteiger partial charge in [0, 0.05) is 6.04 Å². The van der Waals surface area contributed by atoms with Gasteiger partial charge in [0.15, 0.2) is 0 Å². The molecule has 1 aromatic rings. The standard InChI is InChI=1S/C6H8ClN3/c1-4(8)5-2-9-3-6(7)10-5/h2-4H,8H2,1H3. The van der Waals surface area contributed by atoms with Crippen molar-refractivity contribution in [1.29, 1.82) is 0 Å². The first-order valence-electron chi connectivity index (χ1n) is 2.93. The van der Waals surface area contributed by atoms with Crippen molar-refractivity contribution in [3.63, 3.8) is 0 Å². The minimum Gasteiger partial charge on any atom is -0.323 e. The molecule has 0 aliphatic carbocycles. The largest absolute Gasteiger partial charge is 0.323 e. The normalized spacial score (nSPS) is 13.1. The molecule has 0 radical (unpaired) electrons. The van der Waals surface area contributed by atoms with Crippen molar-refractivity contribution < 1.29 is 0 Å². The van der Waals surface area contributed by atoms with Crippen LogP contribution in [-0.4, -0.2) is 9.97 Å². The Morgan fingerprint density at radius 3 is 2.70 bits per heavy atom. The van der Waals surface area contributed by atoms with Crippen LogP contribution < -0.4 is 5.73 Å². The third-order valence-electron chi connectivity index (χ3n) is 1.09. The topological polar surface area (TPSA) is 51.8 Å². The van der Waals surface area contributed by atoms with E-state index in [-0.39, 0.29) is 6.04 Å². The number of nitrogens with two attached hydrogens (primary N) is 1. The Hall–Kier alpha value is -0.670. The van der Waals surface area contributed by atoms with E-state index in [0.29, 0.717) is 10.8 Å². The van der Waals surface area contributed by atoms with Crippen LogP contribution in [0.15, 0.2) is 12.4 Å². The van der Waals surface area contributed by atoms with Crippen molar-refractivity contribution in [3.8, 4) is 0 Å². The highest BCUT2D eigenvalue weighted by molar-refractivity contribution is 6.29. The zero-order valence-electron chi connectivity index (χ0n) is 5.58. The molecule has 1 atom stereocenters. The quantitative estimate of drug-likeness (QED) is 0.666. The van der Waals surface area contributed by atoms with Crippen molar-refractivity contribution in [3.05, 3.63) is 23.2 Å². The van der Waals surface area contributed by atoms with Gasteiger partial charge in [-0.2, -0.15) is 0 Å². The molecular weight excluding hydrogens is 150 g/mol. The summed E-state index contributed by atoms with van der Waals surface area (Å²) in [4.78, 5) is 7.78. The first-order chi connectivity index (χ1) is 4.70. The Morgan fingerprint density at radius 2 is 2.30 bits per heavy atom. The second kappa shape index (κ2) is 2.94. The van der Waals surface area contributed by atoms with E-state index in [1.54, 1.807) is 6.20 Å².